The molecular weight excluding hydrogens is 380 g/mol. The Bertz CT molecular complexity index is 831. The maximum Gasteiger partial charge on any atom is 0.263 e. The van der Waals surface area contributed by atoms with E-state index in [9.17, 15) is 13.2 Å². The van der Waals surface area contributed by atoms with Gasteiger partial charge in [0.05, 0.1) is 0 Å². The Labute approximate surface area is 143 Å². The van der Waals surface area contributed by atoms with Crippen LogP contribution in [0.25, 0.3) is 0 Å². The maximum atomic E-state index is 12.4. The summed E-state index contributed by atoms with van der Waals surface area (Å²) in [6.45, 7) is 0. The molecule has 0 radical (unpaired) electrons. The first-order valence-electron chi connectivity index (χ1n) is 7.14. The quantitative estimate of drug-likeness (QED) is 0.813. The van der Waals surface area contributed by atoms with Crippen LogP contribution in [0.1, 0.15) is 12.8 Å². The van der Waals surface area contributed by atoms with Gasteiger partial charge in [-0.25, -0.2) is 8.42 Å². The highest BCUT2D eigenvalue weighted by Crippen LogP contribution is 2.30. The summed E-state index contributed by atoms with van der Waals surface area (Å²) in [7, 11) is -3.67. The van der Waals surface area contributed by atoms with Crippen molar-refractivity contribution in [1.29, 1.82) is 0 Å². The Hall–Kier alpha value is -1.86. The molecule has 0 atom stereocenters. The van der Waals surface area contributed by atoms with Gasteiger partial charge in [0.25, 0.3) is 10.0 Å². The lowest BCUT2D eigenvalue weighted by Crippen LogP contribution is -2.14. The molecule has 2 N–H and O–H groups in total. The summed E-state index contributed by atoms with van der Waals surface area (Å²) in [6, 6.07) is 13.2. The van der Waals surface area contributed by atoms with Gasteiger partial charge in [-0.15, -0.1) is 0 Å². The van der Waals surface area contributed by atoms with Crippen molar-refractivity contribution in [2.24, 2.45) is 5.92 Å². The van der Waals surface area contributed by atoms with Crippen LogP contribution in [0.3, 0.4) is 0 Å². The number of carbonyl (C=O) groups excluding carboxylic acids is 1. The molecule has 1 aliphatic rings. The van der Waals surface area contributed by atoms with Crippen molar-refractivity contribution in [3.05, 3.63) is 53.0 Å². The second kappa shape index (κ2) is 6.33. The zero-order chi connectivity index (χ0) is 16.4. The molecular formula is C16H15BrN2O3S. The molecule has 1 amide bonds. The van der Waals surface area contributed by atoms with E-state index in [0.717, 1.165) is 12.8 Å². The number of anilines is 2. The molecule has 3 rings (SSSR count). The molecule has 0 heterocycles. The summed E-state index contributed by atoms with van der Waals surface area (Å²) < 4.78 is 27.8. The van der Waals surface area contributed by atoms with Crippen LogP contribution in [0.15, 0.2) is 57.9 Å². The predicted octanol–water partition coefficient (Wildman–Crippen LogP) is 3.60. The lowest BCUT2D eigenvalue weighted by atomic mass is 10.2. The van der Waals surface area contributed by atoms with E-state index in [1.807, 2.05) is 0 Å². The molecule has 0 aromatic heterocycles. The average Bonchev–Trinajstić information content (AvgIpc) is 3.34. The highest BCUT2D eigenvalue weighted by molar-refractivity contribution is 9.10. The Morgan fingerprint density at radius 1 is 1.00 bits per heavy atom. The fourth-order valence-corrected chi connectivity index (χ4v) is 4.15. The minimum Gasteiger partial charge on any atom is -0.326 e. The molecule has 7 heteroatoms. The summed E-state index contributed by atoms with van der Waals surface area (Å²) in [5.41, 5.74) is 1.09. The van der Waals surface area contributed by atoms with Gasteiger partial charge < -0.3 is 5.32 Å². The lowest BCUT2D eigenvalue weighted by molar-refractivity contribution is -0.117. The van der Waals surface area contributed by atoms with E-state index in [2.05, 4.69) is 26.0 Å². The summed E-state index contributed by atoms with van der Waals surface area (Å²) in [5.74, 6) is 0.148. The van der Waals surface area contributed by atoms with E-state index in [-0.39, 0.29) is 16.7 Å². The van der Waals surface area contributed by atoms with Crippen LogP contribution in [0.4, 0.5) is 11.4 Å². The van der Waals surface area contributed by atoms with Crippen LogP contribution >= 0.6 is 15.9 Å². The molecule has 0 spiro atoms. The topological polar surface area (TPSA) is 75.3 Å². The van der Waals surface area contributed by atoms with Crippen LogP contribution < -0.4 is 10.0 Å². The van der Waals surface area contributed by atoms with Crippen LogP contribution in [-0.4, -0.2) is 14.3 Å². The van der Waals surface area contributed by atoms with Crippen molar-refractivity contribution in [2.75, 3.05) is 10.0 Å². The maximum absolute atomic E-state index is 12.4. The molecule has 0 unspecified atom stereocenters. The molecule has 120 valence electrons. The Morgan fingerprint density at radius 2 is 1.61 bits per heavy atom. The van der Waals surface area contributed by atoms with Gasteiger partial charge in [0.2, 0.25) is 5.91 Å². The molecule has 0 bridgehead atoms. The van der Waals surface area contributed by atoms with Crippen molar-refractivity contribution in [3.8, 4) is 0 Å². The van der Waals surface area contributed by atoms with Crippen molar-refractivity contribution in [1.82, 2.24) is 0 Å². The fourth-order valence-electron chi connectivity index (χ4n) is 2.08. The summed E-state index contributed by atoms with van der Waals surface area (Å²) in [4.78, 5) is 11.9. The SMILES string of the molecule is O=C(Nc1ccc(NS(=O)(=O)c2ccccc2Br)cc1)C1CC1. The van der Waals surface area contributed by atoms with Crippen LogP contribution in [-0.2, 0) is 14.8 Å². The van der Waals surface area contributed by atoms with Gasteiger partial charge in [-0.05, 0) is 65.2 Å². The summed E-state index contributed by atoms with van der Waals surface area (Å²) in [5, 5.41) is 2.81. The predicted molar refractivity (Wildman–Crippen MR) is 92.7 cm³/mol. The number of rotatable bonds is 5. The second-order valence-electron chi connectivity index (χ2n) is 5.38. The van der Waals surface area contributed by atoms with Gasteiger partial charge in [0.1, 0.15) is 4.90 Å². The second-order valence-corrected chi connectivity index (χ2v) is 7.88. The highest BCUT2D eigenvalue weighted by atomic mass is 79.9. The van der Waals surface area contributed by atoms with E-state index < -0.39 is 10.0 Å². The van der Waals surface area contributed by atoms with E-state index in [1.165, 1.54) is 6.07 Å². The molecule has 0 saturated heterocycles. The smallest absolute Gasteiger partial charge is 0.263 e. The molecule has 0 aliphatic heterocycles. The molecule has 1 aliphatic carbocycles. The van der Waals surface area contributed by atoms with Gasteiger partial charge in [0, 0.05) is 21.8 Å². The molecule has 5 nitrogen and oxygen atoms in total. The Balaban J connectivity index is 1.72. The first-order chi connectivity index (χ1) is 11.0. The first-order valence-corrected chi connectivity index (χ1v) is 9.41. The van der Waals surface area contributed by atoms with E-state index >= 15 is 0 Å². The van der Waals surface area contributed by atoms with E-state index in [4.69, 9.17) is 0 Å². The molecule has 1 fully saturated rings. The third-order valence-corrected chi connectivity index (χ3v) is 5.87. The van der Waals surface area contributed by atoms with Crippen LogP contribution in [0, 0.1) is 5.92 Å². The minimum absolute atomic E-state index is 0.0200. The highest BCUT2D eigenvalue weighted by Gasteiger charge is 2.29. The standard InChI is InChI=1S/C16H15BrN2O3S/c17-14-3-1-2-4-15(14)23(21,22)19-13-9-7-12(8-10-13)18-16(20)11-5-6-11/h1-4,7-11,19H,5-6H2,(H,18,20). The van der Waals surface area contributed by atoms with Crippen molar-refractivity contribution >= 4 is 43.2 Å². The third kappa shape index (κ3) is 3.92. The number of halogens is 1. The van der Waals surface area contributed by atoms with E-state index in [0.29, 0.717) is 15.8 Å². The molecule has 2 aromatic rings. The number of carbonyl (C=O) groups is 1. The number of benzene rings is 2. The minimum atomic E-state index is -3.67. The van der Waals surface area contributed by atoms with Crippen molar-refractivity contribution < 1.29 is 13.2 Å². The molecule has 1 saturated carbocycles. The Morgan fingerprint density at radius 3 is 2.22 bits per heavy atom. The van der Waals surface area contributed by atoms with Gasteiger partial charge in [0.15, 0.2) is 0 Å². The average molecular weight is 395 g/mol. The molecule has 23 heavy (non-hydrogen) atoms. The number of amides is 1. The van der Waals surface area contributed by atoms with Gasteiger partial charge >= 0.3 is 0 Å². The lowest BCUT2D eigenvalue weighted by Gasteiger charge is -2.10. The normalized spacial score (nSPS) is 14.3. The van der Waals surface area contributed by atoms with Crippen LogP contribution in [0.2, 0.25) is 0 Å². The Kier molecular flexibility index (Phi) is 4.41. The summed E-state index contributed by atoms with van der Waals surface area (Å²) >= 11 is 3.24. The summed E-state index contributed by atoms with van der Waals surface area (Å²) in [6.07, 6.45) is 1.88. The zero-order valence-electron chi connectivity index (χ0n) is 12.1. The third-order valence-electron chi connectivity index (χ3n) is 3.48. The zero-order valence-corrected chi connectivity index (χ0v) is 14.5. The largest absolute Gasteiger partial charge is 0.326 e. The van der Waals surface area contributed by atoms with Crippen molar-refractivity contribution in [3.63, 3.8) is 0 Å². The van der Waals surface area contributed by atoms with E-state index in [1.54, 1.807) is 42.5 Å². The fraction of sp³-hybridized carbons (Fsp3) is 0.188. The van der Waals surface area contributed by atoms with Crippen molar-refractivity contribution in [2.45, 2.75) is 17.7 Å². The molecule has 2 aromatic carbocycles. The number of nitrogens with one attached hydrogen (secondary N) is 2. The number of hydrogen-bond acceptors (Lipinski definition) is 3. The monoisotopic (exact) mass is 394 g/mol. The first kappa shape index (κ1) is 16.0. The number of sulfonamides is 1. The van der Waals surface area contributed by atoms with Gasteiger partial charge in [-0.2, -0.15) is 0 Å². The van der Waals surface area contributed by atoms with Gasteiger partial charge in [-0.1, -0.05) is 12.1 Å². The number of hydrogen-bond donors (Lipinski definition) is 2. The van der Waals surface area contributed by atoms with Gasteiger partial charge in [-0.3, -0.25) is 9.52 Å². The van der Waals surface area contributed by atoms with Crippen LogP contribution in [0.5, 0.6) is 0 Å².